The highest BCUT2D eigenvalue weighted by Crippen LogP contribution is 2.12. The number of ether oxygens (including phenoxy) is 1. The molecule has 0 bridgehead atoms. The molecule has 0 spiro atoms. The lowest BCUT2D eigenvalue weighted by molar-refractivity contribution is 0.114. The maximum Gasteiger partial charge on any atom is 0.415 e. The molecule has 0 aliphatic carbocycles. The number of hydrogen-bond donors (Lipinski definition) is 1. The summed E-state index contributed by atoms with van der Waals surface area (Å²) in [5.74, 6) is 0.528. The largest absolute Gasteiger partial charge is 0.415 e. The van der Waals surface area contributed by atoms with Crippen LogP contribution in [0.3, 0.4) is 0 Å². The fraction of sp³-hybridized carbons (Fsp3) is 0.500. The fourth-order valence-electron chi connectivity index (χ4n) is 2.15. The molecule has 2 rings (SSSR count). The number of nitrogens with zero attached hydrogens (tertiary/aromatic N) is 2. The van der Waals surface area contributed by atoms with Crippen LogP contribution in [-0.2, 0) is 0 Å². The molecule has 1 N–H and O–H groups in total. The molecule has 1 aromatic rings. The molecule has 3 amide bonds. The highest BCUT2D eigenvalue weighted by Gasteiger charge is 2.26. The lowest BCUT2D eigenvalue weighted by atomic mass is 10.1. The van der Waals surface area contributed by atoms with Gasteiger partial charge in [0.15, 0.2) is 0 Å². The van der Waals surface area contributed by atoms with E-state index < -0.39 is 0 Å². The Labute approximate surface area is 131 Å². The van der Waals surface area contributed by atoms with E-state index >= 15 is 0 Å². The van der Waals surface area contributed by atoms with Gasteiger partial charge in [-0.1, -0.05) is 18.2 Å². The van der Waals surface area contributed by atoms with Gasteiger partial charge in [-0.25, -0.2) is 9.59 Å². The predicted molar refractivity (Wildman–Crippen MR) is 83.9 cm³/mol. The Morgan fingerprint density at radius 2 is 1.55 bits per heavy atom. The van der Waals surface area contributed by atoms with Gasteiger partial charge in [0.05, 0.1) is 0 Å². The van der Waals surface area contributed by atoms with Crippen molar-refractivity contribution in [1.82, 2.24) is 15.1 Å². The van der Waals surface area contributed by atoms with Crippen LogP contribution < -0.4 is 10.1 Å². The van der Waals surface area contributed by atoms with Gasteiger partial charge in [0.1, 0.15) is 5.75 Å². The van der Waals surface area contributed by atoms with E-state index in [2.05, 4.69) is 5.32 Å². The van der Waals surface area contributed by atoms with Crippen molar-refractivity contribution in [2.75, 3.05) is 26.2 Å². The van der Waals surface area contributed by atoms with Crippen LogP contribution in [0.4, 0.5) is 9.59 Å². The number of carbonyl (C=O) groups excluding carboxylic acids is 2. The van der Waals surface area contributed by atoms with Gasteiger partial charge in [-0.3, -0.25) is 0 Å². The molecule has 1 saturated heterocycles. The Balaban J connectivity index is 1.82. The molecule has 1 aliphatic rings. The summed E-state index contributed by atoms with van der Waals surface area (Å²) in [4.78, 5) is 27.5. The number of piperazine rings is 1. The second-order valence-corrected chi connectivity index (χ2v) is 6.34. The summed E-state index contributed by atoms with van der Waals surface area (Å²) in [6.07, 6.45) is -0.373. The lowest BCUT2D eigenvalue weighted by Gasteiger charge is -2.35. The molecule has 1 fully saturated rings. The summed E-state index contributed by atoms with van der Waals surface area (Å²) >= 11 is 0. The molecule has 0 unspecified atom stereocenters. The third kappa shape index (κ3) is 4.65. The van der Waals surface area contributed by atoms with Crippen molar-refractivity contribution in [2.45, 2.75) is 26.3 Å². The van der Waals surface area contributed by atoms with Gasteiger partial charge in [-0.05, 0) is 32.9 Å². The van der Waals surface area contributed by atoms with Gasteiger partial charge in [0.2, 0.25) is 0 Å². The van der Waals surface area contributed by atoms with Crippen molar-refractivity contribution in [1.29, 1.82) is 0 Å². The molecule has 0 radical (unpaired) electrons. The van der Waals surface area contributed by atoms with Crippen molar-refractivity contribution >= 4 is 12.1 Å². The zero-order chi connectivity index (χ0) is 16.2. The topological polar surface area (TPSA) is 61.9 Å². The third-order valence-corrected chi connectivity index (χ3v) is 3.26. The number of nitrogens with one attached hydrogen (secondary N) is 1. The zero-order valence-electron chi connectivity index (χ0n) is 13.3. The smallest absolute Gasteiger partial charge is 0.410 e. The van der Waals surface area contributed by atoms with E-state index in [9.17, 15) is 9.59 Å². The van der Waals surface area contributed by atoms with Crippen LogP contribution >= 0.6 is 0 Å². The molecular weight excluding hydrogens is 282 g/mol. The molecule has 0 saturated carbocycles. The Morgan fingerprint density at radius 1 is 1.00 bits per heavy atom. The third-order valence-electron chi connectivity index (χ3n) is 3.26. The standard InChI is InChI=1S/C16H23N3O3/c1-16(2,3)17-14(20)18-9-11-19(12-10-18)15(21)22-13-7-5-4-6-8-13/h4-8H,9-12H2,1-3H3,(H,17,20). The highest BCUT2D eigenvalue weighted by atomic mass is 16.6. The Morgan fingerprint density at radius 3 is 2.09 bits per heavy atom. The monoisotopic (exact) mass is 305 g/mol. The van der Waals surface area contributed by atoms with Crippen molar-refractivity contribution in [3.63, 3.8) is 0 Å². The van der Waals surface area contributed by atoms with Crippen molar-refractivity contribution in [2.24, 2.45) is 0 Å². The van der Waals surface area contributed by atoms with E-state index in [0.29, 0.717) is 31.9 Å². The van der Waals surface area contributed by atoms with Crippen LogP contribution in [0.25, 0.3) is 0 Å². The number of urea groups is 1. The minimum atomic E-state index is -0.373. The van der Waals surface area contributed by atoms with E-state index in [-0.39, 0.29) is 17.7 Å². The van der Waals surface area contributed by atoms with Crippen molar-refractivity contribution < 1.29 is 14.3 Å². The summed E-state index contributed by atoms with van der Waals surface area (Å²) in [5, 5.41) is 2.93. The van der Waals surface area contributed by atoms with Crippen LogP contribution in [0.2, 0.25) is 0 Å². The number of amides is 3. The highest BCUT2D eigenvalue weighted by molar-refractivity contribution is 5.76. The van der Waals surface area contributed by atoms with Crippen molar-refractivity contribution in [3.05, 3.63) is 30.3 Å². The van der Waals surface area contributed by atoms with E-state index in [1.807, 2.05) is 39.0 Å². The number of rotatable bonds is 1. The summed E-state index contributed by atoms with van der Waals surface area (Å²) in [6, 6.07) is 8.89. The first-order chi connectivity index (χ1) is 10.3. The fourth-order valence-corrected chi connectivity index (χ4v) is 2.15. The average molecular weight is 305 g/mol. The molecule has 0 atom stereocenters. The van der Waals surface area contributed by atoms with Crippen LogP contribution in [0, 0.1) is 0 Å². The summed E-state index contributed by atoms with van der Waals surface area (Å²) in [5.41, 5.74) is -0.263. The van der Waals surface area contributed by atoms with E-state index in [1.54, 1.807) is 21.9 Å². The van der Waals surface area contributed by atoms with Crippen LogP contribution in [0.1, 0.15) is 20.8 Å². The number of benzene rings is 1. The van der Waals surface area contributed by atoms with Crippen LogP contribution in [0.15, 0.2) is 30.3 Å². The summed E-state index contributed by atoms with van der Waals surface area (Å²) in [7, 11) is 0. The average Bonchev–Trinajstić information content (AvgIpc) is 2.46. The maximum absolute atomic E-state index is 12.1. The molecule has 1 aliphatic heterocycles. The van der Waals surface area contributed by atoms with E-state index in [0.717, 1.165) is 0 Å². The Bertz CT molecular complexity index is 517. The molecule has 6 nitrogen and oxygen atoms in total. The van der Waals surface area contributed by atoms with Gasteiger partial charge in [0.25, 0.3) is 0 Å². The molecule has 1 heterocycles. The predicted octanol–water partition coefficient (Wildman–Crippen LogP) is 2.31. The molecule has 1 aromatic carbocycles. The van der Waals surface area contributed by atoms with Crippen molar-refractivity contribution in [3.8, 4) is 5.75 Å². The van der Waals surface area contributed by atoms with Gasteiger partial charge in [-0.2, -0.15) is 0 Å². The second kappa shape index (κ2) is 6.68. The van der Waals surface area contributed by atoms with Gasteiger partial charge in [0, 0.05) is 31.7 Å². The summed E-state index contributed by atoms with van der Waals surface area (Å²) < 4.78 is 5.30. The summed E-state index contributed by atoms with van der Waals surface area (Å²) in [6.45, 7) is 7.79. The number of para-hydroxylation sites is 1. The lowest BCUT2D eigenvalue weighted by Crippen LogP contribution is -2.56. The molecule has 0 aromatic heterocycles. The zero-order valence-corrected chi connectivity index (χ0v) is 13.3. The molecular formula is C16H23N3O3. The van der Waals surface area contributed by atoms with E-state index in [1.165, 1.54) is 0 Å². The number of carbonyl (C=O) groups is 2. The molecule has 22 heavy (non-hydrogen) atoms. The minimum absolute atomic E-state index is 0.0939. The maximum atomic E-state index is 12.1. The normalized spacial score (nSPS) is 15.4. The minimum Gasteiger partial charge on any atom is -0.410 e. The van der Waals surface area contributed by atoms with Crippen LogP contribution in [-0.4, -0.2) is 53.6 Å². The first-order valence-corrected chi connectivity index (χ1v) is 7.44. The quantitative estimate of drug-likeness (QED) is 0.866. The first kappa shape index (κ1) is 16.1. The van der Waals surface area contributed by atoms with Gasteiger partial charge < -0.3 is 19.9 Å². The molecule has 6 heteroatoms. The Hall–Kier alpha value is -2.24. The molecule has 120 valence electrons. The number of hydrogen-bond acceptors (Lipinski definition) is 3. The van der Waals surface area contributed by atoms with Crippen LogP contribution in [0.5, 0.6) is 5.75 Å². The Kier molecular flexibility index (Phi) is 4.90. The van der Waals surface area contributed by atoms with Gasteiger partial charge in [-0.15, -0.1) is 0 Å². The second-order valence-electron chi connectivity index (χ2n) is 6.34. The SMILES string of the molecule is CC(C)(C)NC(=O)N1CCN(C(=O)Oc2ccccc2)CC1. The first-order valence-electron chi connectivity index (χ1n) is 7.44. The van der Waals surface area contributed by atoms with Gasteiger partial charge >= 0.3 is 12.1 Å². The van der Waals surface area contributed by atoms with E-state index in [4.69, 9.17) is 4.74 Å².